The third kappa shape index (κ3) is 1.29. The van der Waals surface area contributed by atoms with E-state index in [0.29, 0.717) is 16.6 Å². The van der Waals surface area contributed by atoms with E-state index in [1.807, 2.05) is 0 Å². The lowest BCUT2D eigenvalue weighted by molar-refractivity contribution is 0.602. The average Bonchev–Trinajstić information content (AvgIpc) is 2.48. The number of nitrogens with one attached hydrogen (secondary N) is 1. The summed E-state index contributed by atoms with van der Waals surface area (Å²) >= 11 is 0. The molecule has 0 amide bonds. The Morgan fingerprint density at radius 1 is 1.43 bits per heavy atom. The van der Waals surface area contributed by atoms with E-state index in [1.165, 1.54) is 6.26 Å². The van der Waals surface area contributed by atoms with Crippen molar-refractivity contribution in [2.24, 2.45) is 0 Å². The molecule has 14 heavy (non-hydrogen) atoms. The van der Waals surface area contributed by atoms with Gasteiger partial charge in [0, 0.05) is 6.26 Å². The lowest BCUT2D eigenvalue weighted by atomic mass is 10.2. The van der Waals surface area contributed by atoms with Crippen LogP contribution in [-0.4, -0.2) is 24.6 Å². The zero-order valence-corrected chi connectivity index (χ0v) is 8.64. The van der Waals surface area contributed by atoms with Gasteiger partial charge in [0.15, 0.2) is 16.2 Å². The maximum Gasteiger partial charge on any atom is 0.177 e. The van der Waals surface area contributed by atoms with Crippen LogP contribution in [0.2, 0.25) is 0 Å². The van der Waals surface area contributed by atoms with Crippen LogP contribution in [0.3, 0.4) is 0 Å². The number of aryl methyl sites for hydroxylation is 1. The summed E-state index contributed by atoms with van der Waals surface area (Å²) in [5.41, 5.74) is 1.86. The number of hydrogen-bond donors (Lipinski definition) is 1. The number of sulfone groups is 1. The molecule has 2 rings (SSSR count). The SMILES string of the molecule is Cc1ccc2[nH][c]nc2c1S(C)(=O)=O. The molecule has 0 aliphatic heterocycles. The second-order valence-electron chi connectivity index (χ2n) is 3.23. The van der Waals surface area contributed by atoms with Crippen LogP contribution in [-0.2, 0) is 9.84 Å². The number of nitrogens with zero attached hydrogens (tertiary/aromatic N) is 1. The van der Waals surface area contributed by atoms with E-state index in [4.69, 9.17) is 0 Å². The van der Waals surface area contributed by atoms with Crippen molar-refractivity contribution in [2.45, 2.75) is 11.8 Å². The van der Waals surface area contributed by atoms with Crippen LogP contribution in [0.5, 0.6) is 0 Å². The molecule has 1 aromatic carbocycles. The third-order valence-corrected chi connectivity index (χ3v) is 3.31. The quantitative estimate of drug-likeness (QED) is 0.764. The van der Waals surface area contributed by atoms with Gasteiger partial charge < -0.3 is 4.98 Å². The molecule has 1 N–H and O–H groups in total. The monoisotopic (exact) mass is 209 g/mol. The van der Waals surface area contributed by atoms with Crippen LogP contribution in [0, 0.1) is 13.3 Å². The predicted octanol–water partition coefficient (Wildman–Crippen LogP) is 1.08. The summed E-state index contributed by atoms with van der Waals surface area (Å²) in [6.07, 6.45) is 3.72. The molecule has 0 aliphatic carbocycles. The largest absolute Gasteiger partial charge is 0.335 e. The van der Waals surface area contributed by atoms with Gasteiger partial charge in [0.25, 0.3) is 0 Å². The van der Waals surface area contributed by atoms with E-state index >= 15 is 0 Å². The molecule has 0 spiro atoms. The topological polar surface area (TPSA) is 62.8 Å². The van der Waals surface area contributed by atoms with Crippen LogP contribution < -0.4 is 0 Å². The van der Waals surface area contributed by atoms with Crippen molar-refractivity contribution in [3.05, 3.63) is 24.0 Å². The number of fused-ring (bicyclic) bond motifs is 1. The molecular weight excluding hydrogens is 200 g/mol. The first kappa shape index (κ1) is 9.21. The van der Waals surface area contributed by atoms with E-state index < -0.39 is 9.84 Å². The molecule has 0 unspecified atom stereocenters. The highest BCUT2D eigenvalue weighted by molar-refractivity contribution is 7.91. The number of aromatic nitrogens is 2. The van der Waals surface area contributed by atoms with Gasteiger partial charge in [0.05, 0.1) is 10.4 Å². The van der Waals surface area contributed by atoms with Gasteiger partial charge in [-0.15, -0.1) is 0 Å². The number of benzene rings is 1. The minimum Gasteiger partial charge on any atom is -0.335 e. The maximum atomic E-state index is 11.5. The van der Waals surface area contributed by atoms with Gasteiger partial charge in [-0.05, 0) is 18.6 Å². The summed E-state index contributed by atoms with van der Waals surface area (Å²) < 4.78 is 23.0. The van der Waals surface area contributed by atoms with Crippen molar-refractivity contribution in [2.75, 3.05) is 6.26 Å². The van der Waals surface area contributed by atoms with E-state index in [0.717, 1.165) is 0 Å². The zero-order valence-electron chi connectivity index (χ0n) is 7.83. The first-order chi connectivity index (χ1) is 6.50. The Hall–Kier alpha value is -1.36. The number of rotatable bonds is 1. The summed E-state index contributed by atoms with van der Waals surface area (Å²) in [6.45, 7) is 1.75. The lowest BCUT2D eigenvalue weighted by Crippen LogP contribution is -2.01. The number of hydrogen-bond acceptors (Lipinski definition) is 3. The molecule has 0 atom stereocenters. The Balaban J connectivity index is 2.98. The highest BCUT2D eigenvalue weighted by Crippen LogP contribution is 2.23. The molecule has 2 aromatic rings. The Bertz CT molecular complexity index is 584. The summed E-state index contributed by atoms with van der Waals surface area (Å²) in [4.78, 5) is 6.93. The van der Waals surface area contributed by atoms with E-state index in [9.17, 15) is 8.42 Å². The third-order valence-electron chi connectivity index (χ3n) is 2.06. The molecular formula is C9H9N2O2S. The van der Waals surface area contributed by atoms with Crippen LogP contribution in [0.1, 0.15) is 5.56 Å². The Labute approximate surface area is 81.9 Å². The van der Waals surface area contributed by atoms with Crippen LogP contribution in [0.4, 0.5) is 0 Å². The van der Waals surface area contributed by atoms with Gasteiger partial charge in [-0.25, -0.2) is 13.4 Å². The molecule has 0 saturated carbocycles. The van der Waals surface area contributed by atoms with Crippen LogP contribution in [0.15, 0.2) is 17.0 Å². The fraction of sp³-hybridized carbons (Fsp3) is 0.222. The molecule has 1 radical (unpaired) electrons. The summed E-state index contributed by atoms with van der Waals surface area (Å²) in [5.74, 6) is 0. The van der Waals surface area contributed by atoms with Gasteiger partial charge in [0.2, 0.25) is 0 Å². The molecule has 1 heterocycles. The second kappa shape index (κ2) is 2.81. The second-order valence-corrected chi connectivity index (χ2v) is 5.18. The highest BCUT2D eigenvalue weighted by Gasteiger charge is 2.16. The molecule has 0 saturated heterocycles. The smallest absolute Gasteiger partial charge is 0.177 e. The minimum atomic E-state index is -3.23. The first-order valence-corrected chi connectivity index (χ1v) is 5.95. The van der Waals surface area contributed by atoms with Crippen molar-refractivity contribution in [1.82, 2.24) is 9.97 Å². The number of aromatic amines is 1. The van der Waals surface area contributed by atoms with Crippen molar-refractivity contribution in [3.8, 4) is 0 Å². The minimum absolute atomic E-state index is 0.285. The van der Waals surface area contributed by atoms with Crippen molar-refractivity contribution >= 4 is 20.9 Å². The predicted molar refractivity (Wildman–Crippen MR) is 52.8 cm³/mol. The van der Waals surface area contributed by atoms with E-state index in [1.54, 1.807) is 19.1 Å². The normalized spacial score (nSPS) is 12.1. The van der Waals surface area contributed by atoms with Crippen molar-refractivity contribution < 1.29 is 8.42 Å². The van der Waals surface area contributed by atoms with Crippen LogP contribution in [0.25, 0.3) is 11.0 Å². The van der Waals surface area contributed by atoms with Gasteiger partial charge in [-0.2, -0.15) is 0 Å². The van der Waals surface area contributed by atoms with Crippen LogP contribution >= 0.6 is 0 Å². The van der Waals surface area contributed by atoms with E-state index in [-0.39, 0.29) is 4.90 Å². The molecule has 0 aliphatic rings. The highest BCUT2D eigenvalue weighted by atomic mass is 32.2. The van der Waals surface area contributed by atoms with Crippen molar-refractivity contribution in [1.29, 1.82) is 0 Å². The lowest BCUT2D eigenvalue weighted by Gasteiger charge is -2.03. The molecule has 1 aromatic heterocycles. The van der Waals surface area contributed by atoms with Crippen molar-refractivity contribution in [3.63, 3.8) is 0 Å². The Kier molecular flexibility index (Phi) is 1.85. The van der Waals surface area contributed by atoms with Gasteiger partial charge in [-0.1, -0.05) is 6.07 Å². The Morgan fingerprint density at radius 2 is 2.14 bits per heavy atom. The first-order valence-electron chi connectivity index (χ1n) is 4.05. The molecule has 73 valence electrons. The summed E-state index contributed by atoms with van der Waals surface area (Å²) in [5, 5.41) is 0. The van der Waals surface area contributed by atoms with Gasteiger partial charge in [-0.3, -0.25) is 0 Å². The molecule has 5 heteroatoms. The van der Waals surface area contributed by atoms with E-state index in [2.05, 4.69) is 16.3 Å². The van der Waals surface area contributed by atoms with Gasteiger partial charge in [0.1, 0.15) is 5.52 Å². The number of imidazole rings is 1. The van der Waals surface area contributed by atoms with Gasteiger partial charge >= 0.3 is 0 Å². The molecule has 0 bridgehead atoms. The molecule has 0 fully saturated rings. The standard InChI is InChI=1S/C9H9N2O2S/c1-6-3-4-7-8(11-5-10-7)9(6)14(2,12)13/h3-4H,1-2H3,(H,10,11). The zero-order chi connectivity index (χ0) is 10.3. The number of H-pyrrole nitrogens is 1. The fourth-order valence-electron chi connectivity index (χ4n) is 1.50. The average molecular weight is 209 g/mol. The Morgan fingerprint density at radius 3 is 2.79 bits per heavy atom. The summed E-state index contributed by atoms with van der Waals surface area (Å²) in [7, 11) is -3.23. The maximum absolute atomic E-state index is 11.5. The fourth-order valence-corrected chi connectivity index (χ4v) is 2.66. The molecule has 4 nitrogen and oxygen atoms in total. The summed E-state index contributed by atoms with van der Waals surface area (Å²) in [6, 6.07) is 3.55.